The van der Waals surface area contributed by atoms with Crippen LogP contribution in [0.2, 0.25) is 0 Å². The van der Waals surface area contributed by atoms with Gasteiger partial charge in [-0.05, 0) is 73.2 Å². The molecule has 5 heteroatoms. The van der Waals surface area contributed by atoms with Crippen molar-refractivity contribution in [2.45, 2.75) is 39.2 Å². The summed E-state index contributed by atoms with van der Waals surface area (Å²) < 4.78 is 8.04. The molecule has 0 aliphatic carbocycles. The van der Waals surface area contributed by atoms with E-state index < -0.39 is 0 Å². The van der Waals surface area contributed by atoms with Crippen molar-refractivity contribution in [1.29, 1.82) is 0 Å². The highest BCUT2D eigenvalue weighted by Crippen LogP contribution is 2.30. The molecule has 23 heavy (non-hydrogen) atoms. The minimum absolute atomic E-state index is 0.866. The largest absolute Gasteiger partial charge is 0.247 e. The molecular formula is C18H20Br2OS2. The first-order chi connectivity index (χ1) is 10.9. The maximum Gasteiger partial charge on any atom is 0.0464 e. The van der Waals surface area contributed by atoms with E-state index in [0.717, 1.165) is 11.5 Å². The van der Waals surface area contributed by atoms with Crippen molar-refractivity contribution in [2.24, 2.45) is 0 Å². The topological polar surface area (TPSA) is 9.23 Å². The number of rotatable bonds is 6. The van der Waals surface area contributed by atoms with Crippen LogP contribution in [0.25, 0.3) is 0 Å². The molecule has 0 fully saturated rings. The van der Waals surface area contributed by atoms with Crippen LogP contribution >= 0.6 is 55.9 Å². The molecule has 2 aromatic rings. The van der Waals surface area contributed by atoms with Gasteiger partial charge in [0.05, 0.1) is 0 Å². The maximum atomic E-state index is 5.70. The summed E-state index contributed by atoms with van der Waals surface area (Å²) in [6.07, 6.45) is 0. The molecule has 0 amide bonds. The fraction of sp³-hybridized carbons (Fsp3) is 0.333. The predicted octanol–water partition coefficient (Wildman–Crippen LogP) is 7.46. The van der Waals surface area contributed by atoms with Gasteiger partial charge in [0.1, 0.15) is 0 Å². The lowest BCUT2D eigenvalue weighted by molar-refractivity contribution is 0.754. The standard InChI is InChI=1S/C18H20Br2OS2/c1-11-13(3)17(19)7-5-15(11)9-22-21-23-10-16-6-8-18(20)14(4)12(16)2/h5-8H,9-10H2,1-4H3. The minimum Gasteiger partial charge on any atom is -0.247 e. The van der Waals surface area contributed by atoms with Crippen LogP contribution in [0, 0.1) is 27.7 Å². The van der Waals surface area contributed by atoms with E-state index in [1.54, 1.807) is 0 Å². The van der Waals surface area contributed by atoms with E-state index in [1.165, 1.54) is 66.4 Å². The van der Waals surface area contributed by atoms with E-state index >= 15 is 0 Å². The van der Waals surface area contributed by atoms with E-state index in [9.17, 15) is 0 Å². The van der Waals surface area contributed by atoms with E-state index in [2.05, 4.69) is 83.8 Å². The van der Waals surface area contributed by atoms with Gasteiger partial charge in [0.25, 0.3) is 0 Å². The van der Waals surface area contributed by atoms with Gasteiger partial charge in [0, 0.05) is 44.5 Å². The highest BCUT2D eigenvalue weighted by atomic mass is 79.9. The molecule has 0 aliphatic heterocycles. The predicted molar refractivity (Wildman–Crippen MR) is 111 cm³/mol. The lowest BCUT2D eigenvalue weighted by Crippen LogP contribution is -1.92. The zero-order valence-electron chi connectivity index (χ0n) is 13.7. The van der Waals surface area contributed by atoms with Crippen LogP contribution in [0.3, 0.4) is 0 Å². The molecule has 124 valence electrons. The molecule has 0 heterocycles. The van der Waals surface area contributed by atoms with Gasteiger partial charge >= 0.3 is 0 Å². The molecule has 1 nitrogen and oxygen atoms in total. The monoisotopic (exact) mass is 474 g/mol. The highest BCUT2D eigenvalue weighted by molar-refractivity contribution is 9.10. The van der Waals surface area contributed by atoms with Gasteiger partial charge in [-0.2, -0.15) is 0 Å². The number of hydrogen-bond donors (Lipinski definition) is 0. The fourth-order valence-corrected chi connectivity index (χ4v) is 4.60. The molecule has 0 atom stereocenters. The summed E-state index contributed by atoms with van der Waals surface area (Å²) >= 11 is 10.2. The molecule has 2 aromatic carbocycles. The summed E-state index contributed by atoms with van der Waals surface area (Å²) in [5, 5.41) is 0. The second kappa shape index (κ2) is 8.95. The molecule has 2 rings (SSSR count). The summed E-state index contributed by atoms with van der Waals surface area (Å²) in [4.78, 5) is 0. The third-order valence-electron chi connectivity index (χ3n) is 4.19. The first-order valence-corrected chi connectivity index (χ1v) is 10.7. The SMILES string of the molecule is Cc1c(Br)ccc(CSOSCc2ccc(Br)c(C)c2C)c1C. The van der Waals surface area contributed by atoms with Crippen molar-refractivity contribution in [3.63, 3.8) is 0 Å². The van der Waals surface area contributed by atoms with Crippen LogP contribution in [0.15, 0.2) is 33.2 Å². The Labute approximate surface area is 164 Å². The molecule has 0 bridgehead atoms. The summed E-state index contributed by atoms with van der Waals surface area (Å²) in [5.74, 6) is 1.73. The van der Waals surface area contributed by atoms with Crippen LogP contribution in [0.5, 0.6) is 0 Å². The van der Waals surface area contributed by atoms with Gasteiger partial charge in [-0.3, -0.25) is 0 Å². The number of halogens is 2. The van der Waals surface area contributed by atoms with Gasteiger partial charge in [0.15, 0.2) is 0 Å². The van der Waals surface area contributed by atoms with E-state index in [1.807, 2.05) is 0 Å². The second-order valence-corrected chi connectivity index (χ2v) is 8.81. The molecule has 0 radical (unpaired) electrons. The quantitative estimate of drug-likeness (QED) is 0.317. The van der Waals surface area contributed by atoms with Gasteiger partial charge in [0.2, 0.25) is 0 Å². The minimum atomic E-state index is 0.866. The van der Waals surface area contributed by atoms with Crippen molar-refractivity contribution >= 4 is 55.9 Å². The summed E-state index contributed by atoms with van der Waals surface area (Å²) in [6, 6.07) is 8.55. The Hall–Kier alpha value is 0.0600. The van der Waals surface area contributed by atoms with Crippen LogP contribution in [0.4, 0.5) is 0 Å². The zero-order valence-corrected chi connectivity index (χ0v) is 18.5. The summed E-state index contributed by atoms with van der Waals surface area (Å²) in [7, 11) is 0. The Bertz CT molecular complexity index is 642. The third kappa shape index (κ3) is 5.02. The van der Waals surface area contributed by atoms with Crippen LogP contribution in [0.1, 0.15) is 33.4 Å². The van der Waals surface area contributed by atoms with Crippen LogP contribution in [-0.4, -0.2) is 0 Å². The Morgan fingerprint density at radius 2 is 1.09 bits per heavy atom. The smallest absolute Gasteiger partial charge is 0.0464 e. The lowest BCUT2D eigenvalue weighted by Gasteiger charge is -2.11. The molecule has 0 N–H and O–H groups in total. The van der Waals surface area contributed by atoms with Gasteiger partial charge in [-0.1, -0.05) is 44.0 Å². The Morgan fingerprint density at radius 1 is 0.696 bits per heavy atom. The molecule has 0 spiro atoms. The molecule has 0 saturated carbocycles. The van der Waals surface area contributed by atoms with Crippen molar-refractivity contribution < 1.29 is 3.63 Å². The average molecular weight is 476 g/mol. The van der Waals surface area contributed by atoms with Crippen molar-refractivity contribution in [3.8, 4) is 0 Å². The zero-order chi connectivity index (χ0) is 17.0. The fourth-order valence-electron chi connectivity index (χ4n) is 2.21. The van der Waals surface area contributed by atoms with Crippen LogP contribution in [-0.2, 0) is 15.1 Å². The van der Waals surface area contributed by atoms with Crippen molar-refractivity contribution in [2.75, 3.05) is 0 Å². The Kier molecular flexibility index (Phi) is 7.55. The first kappa shape index (κ1) is 19.4. The average Bonchev–Trinajstić information content (AvgIpc) is 2.54. The Balaban J connectivity index is 1.83. The molecule has 0 aromatic heterocycles. The van der Waals surface area contributed by atoms with E-state index in [4.69, 9.17) is 3.63 Å². The van der Waals surface area contributed by atoms with Crippen LogP contribution < -0.4 is 0 Å². The number of hydrogen-bond acceptors (Lipinski definition) is 3. The molecule has 0 unspecified atom stereocenters. The molecule has 0 saturated heterocycles. The maximum absolute atomic E-state index is 5.70. The molecular weight excluding hydrogens is 456 g/mol. The Morgan fingerprint density at radius 3 is 1.48 bits per heavy atom. The van der Waals surface area contributed by atoms with Gasteiger partial charge in [-0.15, -0.1) is 0 Å². The third-order valence-corrected chi connectivity index (χ3v) is 7.54. The summed E-state index contributed by atoms with van der Waals surface area (Å²) in [6.45, 7) is 8.61. The first-order valence-electron chi connectivity index (χ1n) is 7.32. The van der Waals surface area contributed by atoms with Gasteiger partial charge < -0.3 is 0 Å². The highest BCUT2D eigenvalue weighted by Gasteiger charge is 2.07. The summed E-state index contributed by atoms with van der Waals surface area (Å²) in [5.41, 5.74) is 7.92. The van der Waals surface area contributed by atoms with E-state index in [0.29, 0.717) is 0 Å². The molecule has 0 aliphatic rings. The van der Waals surface area contributed by atoms with Crippen molar-refractivity contribution in [1.82, 2.24) is 0 Å². The second-order valence-electron chi connectivity index (χ2n) is 5.51. The van der Waals surface area contributed by atoms with Crippen molar-refractivity contribution in [3.05, 3.63) is 66.6 Å². The van der Waals surface area contributed by atoms with E-state index in [-0.39, 0.29) is 0 Å². The number of benzene rings is 2. The van der Waals surface area contributed by atoms with Gasteiger partial charge in [-0.25, -0.2) is 3.63 Å². The normalized spacial score (nSPS) is 11.0. The lowest BCUT2D eigenvalue weighted by atomic mass is 10.1.